The summed E-state index contributed by atoms with van der Waals surface area (Å²) in [5, 5.41) is 8.01. The number of hydrogen-bond donors (Lipinski definition) is 2. The van der Waals surface area contributed by atoms with Crippen LogP contribution in [-0.4, -0.2) is 54.6 Å². The van der Waals surface area contributed by atoms with Crippen molar-refractivity contribution in [3.8, 4) is 0 Å². The highest BCUT2D eigenvalue weighted by molar-refractivity contribution is 14.0. The van der Waals surface area contributed by atoms with E-state index in [-0.39, 0.29) is 24.0 Å². The number of nitrogens with one attached hydrogen (secondary N) is 2. The highest BCUT2D eigenvalue weighted by Gasteiger charge is 2.20. The number of rotatable bonds is 7. The molecule has 1 aliphatic rings. The molecule has 2 heterocycles. The maximum absolute atomic E-state index is 4.80. The first kappa shape index (κ1) is 23.6. The second kappa shape index (κ2) is 12.1. The quantitative estimate of drug-likeness (QED) is 0.346. The number of halogens is 1. The van der Waals surface area contributed by atoms with Gasteiger partial charge in [0.15, 0.2) is 5.96 Å². The van der Waals surface area contributed by atoms with Gasteiger partial charge in [-0.25, -0.2) is 4.98 Å². The summed E-state index contributed by atoms with van der Waals surface area (Å²) in [7, 11) is 0. The van der Waals surface area contributed by atoms with Crippen LogP contribution >= 0.6 is 35.3 Å². The van der Waals surface area contributed by atoms with Crippen LogP contribution in [0.25, 0.3) is 0 Å². The van der Waals surface area contributed by atoms with Gasteiger partial charge in [-0.15, -0.1) is 35.3 Å². The first-order valence-corrected chi connectivity index (χ1v) is 10.5. The van der Waals surface area contributed by atoms with Gasteiger partial charge in [-0.05, 0) is 53.0 Å². The number of hydrogen-bond acceptors (Lipinski definition) is 4. The zero-order valence-electron chi connectivity index (χ0n) is 17.0. The molecule has 0 spiro atoms. The number of nitrogens with zero attached hydrogens (tertiary/aromatic N) is 3. The zero-order chi connectivity index (χ0) is 18.2. The van der Waals surface area contributed by atoms with Gasteiger partial charge in [0.1, 0.15) is 0 Å². The molecule has 0 amide bonds. The minimum absolute atomic E-state index is 0. The lowest BCUT2D eigenvalue weighted by Crippen LogP contribution is -2.43. The van der Waals surface area contributed by atoms with Crippen molar-refractivity contribution in [2.24, 2.45) is 10.9 Å². The summed E-state index contributed by atoms with van der Waals surface area (Å²) in [6.45, 7) is 16.0. The van der Waals surface area contributed by atoms with Gasteiger partial charge in [0, 0.05) is 37.0 Å². The number of guanidine groups is 1. The second-order valence-electron chi connectivity index (χ2n) is 7.24. The predicted octanol–water partition coefficient (Wildman–Crippen LogP) is 3.60. The van der Waals surface area contributed by atoms with E-state index in [1.165, 1.54) is 35.8 Å². The first-order valence-electron chi connectivity index (χ1n) is 9.68. The Balaban J connectivity index is 0.00000338. The molecule has 1 aliphatic heterocycles. The maximum atomic E-state index is 4.80. The first-order chi connectivity index (χ1) is 12.0. The van der Waals surface area contributed by atoms with E-state index in [0.717, 1.165) is 43.6 Å². The molecule has 26 heavy (non-hydrogen) atoms. The molecule has 150 valence electrons. The highest BCUT2D eigenvalue weighted by atomic mass is 127. The van der Waals surface area contributed by atoms with Crippen molar-refractivity contribution in [3.05, 3.63) is 15.6 Å². The molecule has 7 heteroatoms. The van der Waals surface area contributed by atoms with Crippen molar-refractivity contribution in [3.63, 3.8) is 0 Å². The van der Waals surface area contributed by atoms with E-state index in [1.54, 1.807) is 11.3 Å². The Morgan fingerprint density at radius 3 is 2.77 bits per heavy atom. The van der Waals surface area contributed by atoms with Crippen molar-refractivity contribution in [2.45, 2.75) is 59.9 Å². The summed E-state index contributed by atoms with van der Waals surface area (Å²) in [6.07, 6.45) is 3.63. The topological polar surface area (TPSA) is 52.6 Å². The van der Waals surface area contributed by atoms with Crippen molar-refractivity contribution < 1.29 is 0 Å². The third kappa shape index (κ3) is 7.68. The molecular weight excluding hydrogens is 457 g/mol. The Morgan fingerprint density at radius 1 is 1.38 bits per heavy atom. The Labute approximate surface area is 180 Å². The van der Waals surface area contributed by atoms with Gasteiger partial charge >= 0.3 is 0 Å². The van der Waals surface area contributed by atoms with Crippen LogP contribution in [0.2, 0.25) is 0 Å². The number of piperidine rings is 1. The van der Waals surface area contributed by atoms with Crippen LogP contribution in [0.4, 0.5) is 0 Å². The monoisotopic (exact) mass is 493 g/mol. The van der Waals surface area contributed by atoms with E-state index in [1.807, 2.05) is 0 Å². The van der Waals surface area contributed by atoms with E-state index < -0.39 is 0 Å². The van der Waals surface area contributed by atoms with Crippen LogP contribution in [0, 0.1) is 19.8 Å². The Bertz CT molecular complexity index is 541. The lowest BCUT2D eigenvalue weighted by molar-refractivity contribution is 0.142. The predicted molar refractivity (Wildman–Crippen MR) is 124 cm³/mol. The van der Waals surface area contributed by atoms with Gasteiger partial charge in [0.05, 0.1) is 17.2 Å². The minimum Gasteiger partial charge on any atom is -0.357 e. The standard InChI is InChI=1S/C19H35N5S.HI/c1-6-20-19(21-10-9-18-23-16(4)17(5)25-18)22-12-15(3)24-11-7-8-14(2)13-24;/h14-15H,6-13H2,1-5H3,(H2,20,21,22);1H. The van der Waals surface area contributed by atoms with Crippen LogP contribution in [0.3, 0.4) is 0 Å². The third-order valence-electron chi connectivity index (χ3n) is 4.87. The molecule has 1 fully saturated rings. The molecule has 0 bridgehead atoms. The molecule has 2 rings (SSSR count). The Kier molecular flexibility index (Phi) is 11.0. The van der Waals surface area contributed by atoms with Crippen LogP contribution in [-0.2, 0) is 6.42 Å². The molecule has 0 saturated carbocycles. The van der Waals surface area contributed by atoms with Gasteiger partial charge in [0.2, 0.25) is 0 Å². The lowest BCUT2D eigenvalue weighted by Gasteiger charge is -2.35. The van der Waals surface area contributed by atoms with Crippen molar-refractivity contribution >= 4 is 41.3 Å². The van der Waals surface area contributed by atoms with Crippen LogP contribution in [0.15, 0.2) is 4.99 Å². The largest absolute Gasteiger partial charge is 0.357 e. The number of likely N-dealkylation sites (tertiary alicyclic amines) is 1. The maximum Gasteiger partial charge on any atom is 0.191 e. The van der Waals surface area contributed by atoms with Gasteiger partial charge < -0.3 is 10.6 Å². The average molecular weight is 494 g/mol. The summed E-state index contributed by atoms with van der Waals surface area (Å²) in [5.74, 6) is 1.74. The summed E-state index contributed by atoms with van der Waals surface area (Å²) in [6, 6.07) is 0.502. The fraction of sp³-hybridized carbons (Fsp3) is 0.789. The SMILES string of the molecule is CCNC(=NCC(C)N1CCCC(C)C1)NCCc1nc(C)c(C)s1.I. The van der Waals surface area contributed by atoms with E-state index >= 15 is 0 Å². The third-order valence-corrected chi connectivity index (χ3v) is 6.01. The average Bonchev–Trinajstić information content (AvgIpc) is 2.90. The molecule has 1 aromatic heterocycles. The molecule has 5 nitrogen and oxygen atoms in total. The van der Waals surface area contributed by atoms with E-state index in [0.29, 0.717) is 6.04 Å². The van der Waals surface area contributed by atoms with Crippen molar-refractivity contribution in [1.82, 2.24) is 20.5 Å². The molecular formula is C19H36IN5S. The number of aryl methyl sites for hydroxylation is 2. The van der Waals surface area contributed by atoms with E-state index in [2.05, 4.69) is 55.1 Å². The summed E-state index contributed by atoms with van der Waals surface area (Å²) in [4.78, 5) is 13.3. The molecule has 2 unspecified atom stereocenters. The number of aromatic nitrogens is 1. The summed E-state index contributed by atoms with van der Waals surface area (Å²) in [5.41, 5.74) is 1.16. The second-order valence-corrected chi connectivity index (χ2v) is 8.52. The molecule has 0 aromatic carbocycles. The molecule has 2 atom stereocenters. The van der Waals surface area contributed by atoms with E-state index in [4.69, 9.17) is 4.99 Å². The number of thiazole rings is 1. The summed E-state index contributed by atoms with van der Waals surface area (Å²) < 4.78 is 0. The molecule has 2 N–H and O–H groups in total. The van der Waals surface area contributed by atoms with Crippen LogP contribution in [0.1, 0.15) is 49.2 Å². The normalized spacial score (nSPS) is 19.7. The minimum atomic E-state index is 0. The molecule has 1 aromatic rings. The fourth-order valence-corrected chi connectivity index (χ4v) is 4.17. The van der Waals surface area contributed by atoms with Gasteiger partial charge in [-0.3, -0.25) is 9.89 Å². The van der Waals surface area contributed by atoms with Gasteiger partial charge in [-0.2, -0.15) is 0 Å². The van der Waals surface area contributed by atoms with E-state index in [9.17, 15) is 0 Å². The fourth-order valence-electron chi connectivity index (χ4n) is 3.24. The Morgan fingerprint density at radius 2 is 2.15 bits per heavy atom. The van der Waals surface area contributed by atoms with Gasteiger partial charge in [0.25, 0.3) is 0 Å². The molecule has 0 aliphatic carbocycles. The zero-order valence-corrected chi connectivity index (χ0v) is 20.1. The lowest BCUT2D eigenvalue weighted by atomic mass is 9.99. The van der Waals surface area contributed by atoms with Crippen molar-refractivity contribution in [2.75, 3.05) is 32.7 Å². The van der Waals surface area contributed by atoms with Crippen LogP contribution in [0.5, 0.6) is 0 Å². The summed E-state index contributed by atoms with van der Waals surface area (Å²) >= 11 is 1.80. The van der Waals surface area contributed by atoms with Crippen LogP contribution < -0.4 is 10.6 Å². The van der Waals surface area contributed by atoms with Gasteiger partial charge in [-0.1, -0.05) is 6.92 Å². The Hall–Kier alpha value is -0.410. The number of aliphatic imine (C=N–C) groups is 1. The molecule has 0 radical (unpaired) electrons. The molecule has 1 saturated heterocycles. The van der Waals surface area contributed by atoms with Crippen molar-refractivity contribution in [1.29, 1.82) is 0 Å². The smallest absolute Gasteiger partial charge is 0.191 e. The highest BCUT2D eigenvalue weighted by Crippen LogP contribution is 2.18.